The molecule has 13 nitrogen and oxygen atoms in total. The summed E-state index contributed by atoms with van der Waals surface area (Å²) in [5.41, 5.74) is -0.738. The van der Waals surface area contributed by atoms with Gasteiger partial charge in [-0.2, -0.15) is 0 Å². The van der Waals surface area contributed by atoms with Gasteiger partial charge in [-0.3, -0.25) is 19.2 Å². The molecule has 5 bridgehead atoms. The van der Waals surface area contributed by atoms with Gasteiger partial charge in [-0.05, 0) is 19.9 Å². The van der Waals surface area contributed by atoms with E-state index >= 15 is 0 Å². The number of fused-ring (bicyclic) bond motifs is 13. The van der Waals surface area contributed by atoms with Crippen LogP contribution in [-0.2, 0) is 23.7 Å². The average Bonchev–Trinajstić information content (AvgIpc) is 3.35. The molecule has 51 heavy (non-hydrogen) atoms. The van der Waals surface area contributed by atoms with E-state index in [-0.39, 0.29) is 34.0 Å². The number of methoxy groups -OCH3 is 2. The zero-order chi connectivity index (χ0) is 38.1. The fraction of sp³-hybridized carbons (Fsp3) is 0.500. The number of esters is 1. The summed E-state index contributed by atoms with van der Waals surface area (Å²) >= 11 is 0. The highest BCUT2D eigenvalue weighted by atomic mass is 16.7. The molecule has 1 aliphatic carbocycles. The highest BCUT2D eigenvalue weighted by Gasteiger charge is 2.51. The van der Waals surface area contributed by atoms with Crippen LogP contribution < -0.4 is 4.74 Å². The first kappa shape index (κ1) is 39.2. The van der Waals surface area contributed by atoms with Gasteiger partial charge >= 0.3 is 11.8 Å². The molecular formula is C38H47NO12. The Morgan fingerprint density at radius 3 is 2.22 bits per heavy atom. The molecule has 0 amide bonds. The topological polar surface area (TPSA) is 187 Å². The second-order valence-corrected chi connectivity index (χ2v) is 13.5. The van der Waals surface area contributed by atoms with Crippen LogP contribution in [0.25, 0.3) is 0 Å². The van der Waals surface area contributed by atoms with Gasteiger partial charge in [0.05, 0.1) is 48.4 Å². The fourth-order valence-corrected chi connectivity index (χ4v) is 6.78. The summed E-state index contributed by atoms with van der Waals surface area (Å²) < 4.78 is 28.6. The van der Waals surface area contributed by atoms with Crippen molar-refractivity contribution in [3.8, 4) is 11.5 Å². The number of benzene rings is 1. The third-order valence-corrected chi connectivity index (χ3v) is 9.93. The number of phenolic OH excluding ortho intramolecular Hbond substituents is 1. The molecule has 3 aliphatic heterocycles. The standard InChI is InChI=1S/C38H47NO12/c1-17-12-11-13-18(2)37(48-10)39-24-16-25(41)27-28(33(24)45)32(44)22(6)35-29(27)36(46)38(8,51-35)49-15-14-26(47-9)19(3)34(50-23(7)40)21(5)31(43)20(4)30(17)42/h11-17,19-21,26,30-31,34,42-44H,1-10H3/b12-11+,15-14+,18-13-,39-37?/t17-,19+,20+,21+,26-,30-,31+,34+,38-/m0/s1. The molecule has 4 aliphatic rings. The fourth-order valence-electron chi connectivity index (χ4n) is 6.78. The zero-order valence-corrected chi connectivity index (χ0v) is 30.5. The highest BCUT2D eigenvalue weighted by molar-refractivity contribution is 6.30. The molecule has 0 aromatic heterocycles. The van der Waals surface area contributed by atoms with Gasteiger partial charge in [0.15, 0.2) is 5.78 Å². The Bertz CT molecular complexity index is 1750. The van der Waals surface area contributed by atoms with Crippen LogP contribution in [-0.4, -0.2) is 89.0 Å². The number of aliphatic hydroxyl groups is 2. The Balaban J connectivity index is 1.88. The molecule has 0 fully saturated rings. The maximum atomic E-state index is 13.9. The van der Waals surface area contributed by atoms with Crippen LogP contribution in [0, 0.1) is 30.6 Å². The van der Waals surface area contributed by atoms with Crippen molar-refractivity contribution in [3.05, 3.63) is 70.2 Å². The maximum Gasteiger partial charge on any atom is 0.312 e. The van der Waals surface area contributed by atoms with E-state index in [9.17, 15) is 34.5 Å². The number of aliphatic hydroxyl groups excluding tert-OH is 2. The average molecular weight is 710 g/mol. The van der Waals surface area contributed by atoms with Crippen molar-refractivity contribution in [2.45, 2.75) is 85.6 Å². The summed E-state index contributed by atoms with van der Waals surface area (Å²) in [6.45, 7) is 12.7. The van der Waals surface area contributed by atoms with Crippen molar-refractivity contribution >= 4 is 29.2 Å². The molecule has 13 heteroatoms. The molecule has 0 unspecified atom stereocenters. The predicted molar refractivity (Wildman–Crippen MR) is 186 cm³/mol. The first-order valence-electron chi connectivity index (χ1n) is 16.7. The Kier molecular flexibility index (Phi) is 11.8. The van der Waals surface area contributed by atoms with Crippen molar-refractivity contribution in [1.82, 2.24) is 0 Å². The van der Waals surface area contributed by atoms with Crippen LogP contribution >= 0.6 is 0 Å². The number of Topliss-reactive ketones (excluding diaryl/α,β-unsaturated/α-hetero) is 2. The van der Waals surface area contributed by atoms with E-state index in [0.29, 0.717) is 5.57 Å². The Morgan fingerprint density at radius 1 is 0.941 bits per heavy atom. The van der Waals surface area contributed by atoms with E-state index in [1.165, 1.54) is 47.3 Å². The quantitative estimate of drug-likeness (QED) is 0.364. The SMILES string of the molecule is COC1=NC2=CC(=O)c3c(c(O)c(C)c4c3C(=O)[C@@](C)(O/C=C/[C@H](OC)[C@@H](C)[C@@H](OC(C)=O)[C@H](C)[C@H](O)[C@H](C)[C@@H](O)[C@@H](C)/C=C/C=C\1C)O4)C2=O. The number of hydrogen-bond acceptors (Lipinski definition) is 13. The molecular weight excluding hydrogens is 662 g/mol. The molecule has 276 valence electrons. The summed E-state index contributed by atoms with van der Waals surface area (Å²) in [5.74, 6) is -7.88. The molecule has 0 saturated heterocycles. The third-order valence-electron chi connectivity index (χ3n) is 9.93. The Labute approximate surface area is 297 Å². The van der Waals surface area contributed by atoms with Gasteiger partial charge in [0.1, 0.15) is 23.3 Å². The third kappa shape index (κ3) is 7.42. The number of hydrogen-bond donors (Lipinski definition) is 3. The number of phenols is 1. The van der Waals surface area contributed by atoms with E-state index < -0.39 is 88.5 Å². The molecule has 9 atom stereocenters. The first-order chi connectivity index (χ1) is 23.9. The summed E-state index contributed by atoms with van der Waals surface area (Å²) in [6.07, 6.45) is 4.92. The lowest BCUT2D eigenvalue weighted by Crippen LogP contribution is -2.46. The predicted octanol–water partition coefficient (Wildman–Crippen LogP) is 4.56. The van der Waals surface area contributed by atoms with E-state index in [0.717, 1.165) is 6.08 Å². The van der Waals surface area contributed by atoms with Crippen LogP contribution in [0.4, 0.5) is 0 Å². The smallest absolute Gasteiger partial charge is 0.312 e. The molecule has 0 saturated carbocycles. The lowest BCUT2D eigenvalue weighted by Gasteiger charge is -2.38. The normalized spacial score (nSPS) is 34.0. The van der Waals surface area contributed by atoms with E-state index in [1.807, 2.05) is 0 Å². The Hall–Kier alpha value is -4.59. The summed E-state index contributed by atoms with van der Waals surface area (Å²) in [7, 11) is 2.77. The lowest BCUT2D eigenvalue weighted by molar-refractivity contribution is -0.160. The van der Waals surface area contributed by atoms with Gasteiger partial charge in [0, 0.05) is 61.8 Å². The van der Waals surface area contributed by atoms with E-state index in [1.54, 1.807) is 52.8 Å². The van der Waals surface area contributed by atoms with Crippen molar-refractivity contribution in [2.24, 2.45) is 28.7 Å². The van der Waals surface area contributed by atoms with E-state index in [4.69, 9.17) is 23.7 Å². The molecule has 3 heterocycles. The molecule has 5 rings (SSSR count). The van der Waals surface area contributed by atoms with Gasteiger partial charge in [-0.1, -0.05) is 45.9 Å². The summed E-state index contributed by atoms with van der Waals surface area (Å²) in [4.78, 5) is 57.9. The van der Waals surface area contributed by atoms with Crippen molar-refractivity contribution < 1.29 is 58.2 Å². The monoisotopic (exact) mass is 709 g/mol. The number of nitrogens with zero attached hydrogens (tertiary/aromatic N) is 1. The molecule has 1 aromatic carbocycles. The summed E-state index contributed by atoms with van der Waals surface area (Å²) in [5, 5.41) is 33.9. The number of allylic oxidation sites excluding steroid dienone is 4. The van der Waals surface area contributed by atoms with Crippen molar-refractivity contribution in [2.75, 3.05) is 14.2 Å². The lowest BCUT2D eigenvalue weighted by atomic mass is 9.78. The van der Waals surface area contributed by atoms with Gasteiger partial charge in [0.2, 0.25) is 11.7 Å². The van der Waals surface area contributed by atoms with Gasteiger partial charge in [0.25, 0.3) is 5.78 Å². The number of ether oxygens (including phenoxy) is 5. The van der Waals surface area contributed by atoms with Crippen LogP contribution in [0.3, 0.4) is 0 Å². The number of aromatic hydroxyl groups is 1. The molecule has 0 spiro atoms. The number of aliphatic imine (C=N–C) groups is 1. The van der Waals surface area contributed by atoms with Gasteiger partial charge < -0.3 is 39.0 Å². The first-order valence-corrected chi connectivity index (χ1v) is 16.7. The number of ketones is 3. The Morgan fingerprint density at radius 2 is 1.61 bits per heavy atom. The largest absolute Gasteiger partial charge is 0.507 e. The number of carbonyl (C=O) groups excluding carboxylic acids is 4. The number of carbonyl (C=O) groups is 4. The summed E-state index contributed by atoms with van der Waals surface area (Å²) in [6, 6.07) is 0. The zero-order valence-electron chi connectivity index (χ0n) is 30.5. The minimum absolute atomic E-state index is 0.000290. The second kappa shape index (κ2) is 15.3. The molecule has 3 N–H and O–H groups in total. The molecule has 0 radical (unpaired) electrons. The van der Waals surface area contributed by atoms with Crippen LogP contribution in [0.2, 0.25) is 0 Å². The van der Waals surface area contributed by atoms with Crippen LogP contribution in [0.1, 0.15) is 85.1 Å². The number of rotatable bonds is 2. The van der Waals surface area contributed by atoms with Gasteiger partial charge in [-0.25, -0.2) is 4.99 Å². The highest BCUT2D eigenvalue weighted by Crippen LogP contribution is 2.48. The van der Waals surface area contributed by atoms with E-state index in [2.05, 4.69) is 4.99 Å². The molecule has 1 aromatic rings. The minimum Gasteiger partial charge on any atom is -0.507 e. The van der Waals surface area contributed by atoms with Crippen molar-refractivity contribution in [3.63, 3.8) is 0 Å². The van der Waals surface area contributed by atoms with Crippen LogP contribution in [0.15, 0.2) is 52.9 Å². The maximum absolute atomic E-state index is 13.9. The van der Waals surface area contributed by atoms with Crippen LogP contribution in [0.5, 0.6) is 11.5 Å². The van der Waals surface area contributed by atoms with Gasteiger partial charge in [-0.15, -0.1) is 0 Å². The van der Waals surface area contributed by atoms with Crippen molar-refractivity contribution in [1.29, 1.82) is 0 Å². The second-order valence-electron chi connectivity index (χ2n) is 13.5. The minimum atomic E-state index is -2.01.